The number of rotatable bonds is 7. The van der Waals surface area contributed by atoms with Crippen molar-refractivity contribution in [2.24, 2.45) is 5.92 Å². The Morgan fingerprint density at radius 1 is 1.08 bits per heavy atom. The summed E-state index contributed by atoms with van der Waals surface area (Å²) in [7, 11) is 0. The molecule has 3 aromatic rings. The first-order valence-electron chi connectivity index (χ1n) is 12.3. The molecule has 1 aromatic heterocycles. The van der Waals surface area contributed by atoms with E-state index in [1.165, 1.54) is 18.5 Å². The van der Waals surface area contributed by atoms with Crippen LogP contribution >= 0.6 is 11.6 Å². The third-order valence-electron chi connectivity index (χ3n) is 6.50. The molecule has 7 nitrogen and oxygen atoms in total. The van der Waals surface area contributed by atoms with Crippen molar-refractivity contribution in [1.82, 2.24) is 4.98 Å². The molecule has 196 valence electrons. The third-order valence-corrected chi connectivity index (χ3v) is 6.79. The highest BCUT2D eigenvalue weighted by Gasteiger charge is 2.39. The van der Waals surface area contributed by atoms with E-state index in [2.05, 4.69) is 38.7 Å². The van der Waals surface area contributed by atoms with Gasteiger partial charge in [0.1, 0.15) is 23.1 Å². The van der Waals surface area contributed by atoms with E-state index in [-0.39, 0.29) is 44.8 Å². The predicted octanol–water partition coefficient (Wildman–Crippen LogP) is 7.32. The van der Waals surface area contributed by atoms with Crippen LogP contribution in [-0.4, -0.2) is 33.0 Å². The van der Waals surface area contributed by atoms with Crippen molar-refractivity contribution < 1.29 is 24.2 Å². The summed E-state index contributed by atoms with van der Waals surface area (Å²) in [5.74, 6) is -0.370. The first-order valence-corrected chi connectivity index (χ1v) is 12.7. The lowest BCUT2D eigenvalue weighted by molar-refractivity contribution is -0.171. The maximum atomic E-state index is 13.1. The van der Waals surface area contributed by atoms with Crippen LogP contribution in [0.2, 0.25) is 5.02 Å². The van der Waals surface area contributed by atoms with Gasteiger partial charge in [0.25, 0.3) is 0 Å². The molecule has 0 aliphatic carbocycles. The normalized spacial score (nSPS) is 16.4. The highest BCUT2D eigenvalue weighted by Crippen LogP contribution is 2.41. The van der Waals surface area contributed by atoms with Gasteiger partial charge in [0.05, 0.1) is 21.8 Å². The van der Waals surface area contributed by atoms with E-state index in [0.717, 1.165) is 12.8 Å². The van der Waals surface area contributed by atoms with Crippen molar-refractivity contribution in [3.8, 4) is 28.7 Å². The summed E-state index contributed by atoms with van der Waals surface area (Å²) in [5, 5.41) is 19.4. The highest BCUT2D eigenvalue weighted by molar-refractivity contribution is 6.32. The molecule has 0 spiro atoms. The molecule has 2 heterocycles. The standard InChI is InChI=1S/C30H29ClN2O5/c1-29(2)13-18(14-30(3,4)38-29)10-25(34)19-8-9-27(24(31)12-19)37-26-7-5-6-22(23(26)15-32)20-11-21(28(35)36)17-33-16-20/h5-9,11-12,16-18H,10,13-14H2,1-4H3,(H,35,36). The zero-order chi connectivity index (χ0) is 27.7. The minimum absolute atomic E-state index is 0.00229. The molecule has 0 unspecified atom stereocenters. The average molecular weight is 533 g/mol. The Morgan fingerprint density at radius 2 is 1.79 bits per heavy atom. The lowest BCUT2D eigenvalue weighted by Crippen LogP contribution is -2.45. The summed E-state index contributed by atoms with van der Waals surface area (Å²) in [5.41, 5.74) is 1.08. The summed E-state index contributed by atoms with van der Waals surface area (Å²) < 4.78 is 12.1. The minimum atomic E-state index is -1.11. The zero-order valence-corrected chi connectivity index (χ0v) is 22.5. The number of ketones is 1. The fraction of sp³-hybridized carbons (Fsp3) is 0.333. The lowest BCUT2D eigenvalue weighted by atomic mass is 9.78. The summed E-state index contributed by atoms with van der Waals surface area (Å²) in [6.45, 7) is 8.22. The average Bonchev–Trinajstić information content (AvgIpc) is 2.83. The van der Waals surface area contributed by atoms with Crippen LogP contribution < -0.4 is 4.74 Å². The van der Waals surface area contributed by atoms with Gasteiger partial charge in [-0.15, -0.1) is 0 Å². The number of aromatic nitrogens is 1. The highest BCUT2D eigenvalue weighted by atomic mass is 35.5. The van der Waals surface area contributed by atoms with Crippen LogP contribution in [0.1, 0.15) is 73.2 Å². The molecule has 38 heavy (non-hydrogen) atoms. The van der Waals surface area contributed by atoms with E-state index in [1.54, 1.807) is 36.4 Å². The maximum absolute atomic E-state index is 13.1. The first kappa shape index (κ1) is 27.3. The number of carboxylic acid groups (broad SMARTS) is 1. The van der Waals surface area contributed by atoms with Gasteiger partial charge in [-0.05, 0) is 76.8 Å². The quantitative estimate of drug-likeness (QED) is 0.317. The van der Waals surface area contributed by atoms with Gasteiger partial charge in [0, 0.05) is 35.5 Å². The smallest absolute Gasteiger partial charge is 0.337 e. The van der Waals surface area contributed by atoms with Crippen molar-refractivity contribution >= 4 is 23.4 Å². The Bertz CT molecular complexity index is 1420. The number of benzene rings is 2. The summed E-state index contributed by atoms with van der Waals surface area (Å²) in [6, 6.07) is 13.5. The Labute approximate surface area is 227 Å². The maximum Gasteiger partial charge on any atom is 0.337 e. The molecule has 0 atom stereocenters. The number of carbonyl (C=O) groups is 2. The molecule has 1 fully saturated rings. The third kappa shape index (κ3) is 6.21. The van der Waals surface area contributed by atoms with Gasteiger partial charge in [0.15, 0.2) is 5.78 Å². The molecule has 0 amide bonds. The first-order chi connectivity index (χ1) is 17.9. The number of carboxylic acids is 1. The van der Waals surface area contributed by atoms with Gasteiger partial charge in [-0.25, -0.2) is 4.79 Å². The summed E-state index contributed by atoms with van der Waals surface area (Å²) in [4.78, 5) is 28.4. The van der Waals surface area contributed by atoms with E-state index in [9.17, 15) is 20.0 Å². The SMILES string of the molecule is CC1(C)CC(CC(=O)c2ccc(Oc3cccc(-c4cncc(C(=O)O)c4)c3C#N)c(Cl)c2)CC(C)(C)O1. The van der Waals surface area contributed by atoms with Crippen LogP contribution in [0.3, 0.4) is 0 Å². The number of Topliss-reactive ketones (excluding diaryl/α,β-unsaturated/α-hetero) is 1. The van der Waals surface area contributed by atoms with Crippen LogP contribution in [-0.2, 0) is 4.74 Å². The van der Waals surface area contributed by atoms with Crippen LogP contribution in [0, 0.1) is 17.2 Å². The molecule has 1 N–H and O–H groups in total. The van der Waals surface area contributed by atoms with E-state index in [1.807, 2.05) is 0 Å². The second-order valence-electron chi connectivity index (χ2n) is 10.8. The van der Waals surface area contributed by atoms with Crippen LogP contribution in [0.4, 0.5) is 0 Å². The van der Waals surface area contributed by atoms with Gasteiger partial charge in [-0.1, -0.05) is 23.7 Å². The van der Waals surface area contributed by atoms with E-state index in [4.69, 9.17) is 21.1 Å². The fourth-order valence-electron chi connectivity index (χ4n) is 5.37. The number of nitrogens with zero attached hydrogens (tertiary/aromatic N) is 2. The molecule has 1 aliphatic rings. The number of halogens is 1. The van der Waals surface area contributed by atoms with E-state index >= 15 is 0 Å². The Kier molecular flexibility index (Phi) is 7.59. The monoisotopic (exact) mass is 532 g/mol. The molecule has 1 aliphatic heterocycles. The molecule has 0 bridgehead atoms. The fourth-order valence-corrected chi connectivity index (χ4v) is 5.59. The second-order valence-corrected chi connectivity index (χ2v) is 11.2. The van der Waals surface area contributed by atoms with Gasteiger partial charge in [-0.3, -0.25) is 9.78 Å². The van der Waals surface area contributed by atoms with Gasteiger partial charge in [0.2, 0.25) is 0 Å². The Balaban J connectivity index is 1.55. The molecular weight excluding hydrogens is 504 g/mol. The molecule has 4 rings (SSSR count). The van der Waals surface area contributed by atoms with Crippen molar-refractivity contribution in [2.75, 3.05) is 0 Å². The molecule has 0 radical (unpaired) electrons. The van der Waals surface area contributed by atoms with Crippen LogP contribution in [0.5, 0.6) is 11.5 Å². The van der Waals surface area contributed by atoms with Crippen LogP contribution in [0.25, 0.3) is 11.1 Å². The Morgan fingerprint density at radius 3 is 2.42 bits per heavy atom. The van der Waals surface area contributed by atoms with E-state index in [0.29, 0.717) is 28.9 Å². The number of pyridine rings is 1. The minimum Gasteiger partial charge on any atom is -0.478 e. The number of hydrogen-bond acceptors (Lipinski definition) is 6. The van der Waals surface area contributed by atoms with Gasteiger partial charge in [-0.2, -0.15) is 5.26 Å². The number of carbonyl (C=O) groups excluding carboxylic acids is 1. The Hall–Kier alpha value is -3.73. The molecule has 0 saturated carbocycles. The molecule has 2 aromatic carbocycles. The topological polar surface area (TPSA) is 110 Å². The van der Waals surface area contributed by atoms with Gasteiger partial charge < -0.3 is 14.6 Å². The van der Waals surface area contributed by atoms with E-state index < -0.39 is 5.97 Å². The lowest BCUT2D eigenvalue weighted by Gasteiger charge is -2.45. The summed E-state index contributed by atoms with van der Waals surface area (Å²) >= 11 is 6.51. The number of ether oxygens (including phenoxy) is 2. The largest absolute Gasteiger partial charge is 0.478 e. The number of hydrogen-bond donors (Lipinski definition) is 1. The summed E-state index contributed by atoms with van der Waals surface area (Å²) in [6.07, 6.45) is 4.73. The van der Waals surface area contributed by atoms with Crippen molar-refractivity contribution in [2.45, 2.75) is 58.2 Å². The van der Waals surface area contributed by atoms with Crippen LogP contribution in [0.15, 0.2) is 54.9 Å². The predicted molar refractivity (Wildman–Crippen MR) is 144 cm³/mol. The van der Waals surface area contributed by atoms with Crippen molar-refractivity contribution in [3.63, 3.8) is 0 Å². The molecule has 8 heteroatoms. The van der Waals surface area contributed by atoms with Crippen molar-refractivity contribution in [1.29, 1.82) is 5.26 Å². The number of nitriles is 1. The second kappa shape index (κ2) is 10.6. The number of aromatic carboxylic acids is 1. The van der Waals surface area contributed by atoms with Gasteiger partial charge >= 0.3 is 5.97 Å². The van der Waals surface area contributed by atoms with Crippen molar-refractivity contribution in [3.05, 3.63) is 76.6 Å². The molecular formula is C30H29ClN2O5. The molecule has 1 saturated heterocycles. The zero-order valence-electron chi connectivity index (χ0n) is 21.7.